The van der Waals surface area contributed by atoms with E-state index in [0.717, 1.165) is 70.7 Å². The fraction of sp³-hybridized carbons (Fsp3) is 0.367. The zero-order valence-corrected chi connectivity index (χ0v) is 20.9. The molecule has 0 aromatic heterocycles. The third-order valence-electron chi connectivity index (χ3n) is 6.17. The van der Waals surface area contributed by atoms with E-state index in [1.54, 1.807) is 0 Å². The van der Waals surface area contributed by atoms with Crippen LogP contribution in [0.1, 0.15) is 59.6 Å². The van der Waals surface area contributed by atoms with Gasteiger partial charge in [-0.2, -0.15) is 0 Å². The van der Waals surface area contributed by atoms with Gasteiger partial charge < -0.3 is 14.8 Å². The highest BCUT2D eigenvalue weighted by atomic mass is 16.5. The monoisotopic (exact) mass is 459 g/mol. The van der Waals surface area contributed by atoms with Crippen LogP contribution in [0.15, 0.2) is 60.7 Å². The second-order valence-electron chi connectivity index (χ2n) is 8.76. The van der Waals surface area contributed by atoms with Crippen molar-refractivity contribution in [3.05, 3.63) is 94.0 Å². The highest BCUT2D eigenvalue weighted by molar-refractivity contribution is 5.75. The molecule has 0 aliphatic heterocycles. The Kier molecular flexibility index (Phi) is 9.57. The van der Waals surface area contributed by atoms with Crippen molar-refractivity contribution in [2.75, 3.05) is 6.54 Å². The highest BCUT2D eigenvalue weighted by Gasteiger charge is 2.20. The molecular weight excluding hydrogens is 422 g/mol. The van der Waals surface area contributed by atoms with E-state index in [-0.39, 0.29) is 5.91 Å². The van der Waals surface area contributed by atoms with Crippen LogP contribution in [0.3, 0.4) is 0 Å². The van der Waals surface area contributed by atoms with Crippen LogP contribution in [0.25, 0.3) is 0 Å². The van der Waals surface area contributed by atoms with Gasteiger partial charge in [0, 0.05) is 18.5 Å². The first-order valence-electron chi connectivity index (χ1n) is 12.2. The molecule has 3 aromatic carbocycles. The summed E-state index contributed by atoms with van der Waals surface area (Å²) >= 11 is 0. The first kappa shape index (κ1) is 25.4. The minimum Gasteiger partial charge on any atom is -0.488 e. The summed E-state index contributed by atoms with van der Waals surface area (Å²) in [4.78, 5) is 12.2. The Balaban J connectivity index is 1.85. The number of rotatable bonds is 12. The molecule has 1 amide bonds. The minimum atomic E-state index is 0.107. The molecule has 0 bridgehead atoms. The molecule has 0 radical (unpaired) electrons. The van der Waals surface area contributed by atoms with Crippen LogP contribution >= 0.6 is 0 Å². The first-order valence-corrected chi connectivity index (χ1v) is 12.2. The number of ether oxygens (including phenoxy) is 2. The molecule has 0 spiro atoms. The van der Waals surface area contributed by atoms with Gasteiger partial charge in [-0.15, -0.1) is 0 Å². The van der Waals surface area contributed by atoms with E-state index < -0.39 is 0 Å². The van der Waals surface area contributed by atoms with Gasteiger partial charge >= 0.3 is 0 Å². The fourth-order valence-electron chi connectivity index (χ4n) is 4.11. The summed E-state index contributed by atoms with van der Waals surface area (Å²) in [6.07, 6.45) is 2.98. The number of carbonyl (C=O) groups excluding carboxylic acids is 1. The van der Waals surface area contributed by atoms with Gasteiger partial charge in [-0.3, -0.25) is 4.79 Å². The van der Waals surface area contributed by atoms with Gasteiger partial charge in [-0.1, -0.05) is 67.6 Å². The van der Waals surface area contributed by atoms with Crippen LogP contribution in [-0.4, -0.2) is 12.5 Å². The Morgan fingerprint density at radius 2 is 1.29 bits per heavy atom. The molecule has 0 unspecified atom stereocenters. The second-order valence-corrected chi connectivity index (χ2v) is 8.76. The summed E-state index contributed by atoms with van der Waals surface area (Å²) in [6, 6.07) is 20.4. The predicted octanol–water partition coefficient (Wildman–Crippen LogP) is 6.62. The molecule has 4 nitrogen and oxygen atoms in total. The van der Waals surface area contributed by atoms with Crippen LogP contribution in [0.5, 0.6) is 11.5 Å². The number of benzene rings is 3. The molecule has 1 N–H and O–H groups in total. The first-order chi connectivity index (χ1) is 16.5. The average Bonchev–Trinajstić information content (AvgIpc) is 2.86. The van der Waals surface area contributed by atoms with E-state index in [1.165, 1.54) is 0 Å². The molecule has 180 valence electrons. The smallest absolute Gasteiger partial charge is 0.220 e. The zero-order valence-electron chi connectivity index (χ0n) is 20.9. The lowest BCUT2D eigenvalue weighted by atomic mass is 9.94. The van der Waals surface area contributed by atoms with Crippen LogP contribution in [0, 0.1) is 20.8 Å². The van der Waals surface area contributed by atoms with Crippen LogP contribution in [-0.2, 0) is 24.4 Å². The quantitative estimate of drug-likeness (QED) is 0.331. The summed E-state index contributed by atoms with van der Waals surface area (Å²) in [5, 5.41) is 2.97. The van der Waals surface area contributed by atoms with Crippen molar-refractivity contribution in [2.45, 2.75) is 66.6 Å². The summed E-state index contributed by atoms with van der Waals surface area (Å²) in [5.74, 6) is 1.94. The number of amides is 1. The Hall–Kier alpha value is -3.27. The van der Waals surface area contributed by atoms with Gasteiger partial charge in [0.2, 0.25) is 5.91 Å². The van der Waals surface area contributed by atoms with Crippen molar-refractivity contribution in [3.63, 3.8) is 0 Å². The number of nitrogens with one attached hydrogen (secondary N) is 1. The molecular formula is C30H37NO3. The standard InChI is InChI=1S/C30H37NO3/c1-5-19-31-28(32)18-12-17-27-24(4)29(33-20-25-13-8-6-9-14-25)22(2)23(3)30(27)34-21-26-15-10-7-11-16-26/h6-11,13-16H,5,12,17-21H2,1-4H3,(H,31,32). The number of carbonyl (C=O) groups is 1. The molecule has 0 aliphatic carbocycles. The Morgan fingerprint density at radius 1 is 0.765 bits per heavy atom. The largest absolute Gasteiger partial charge is 0.488 e. The lowest BCUT2D eigenvalue weighted by Crippen LogP contribution is -2.23. The lowest BCUT2D eigenvalue weighted by Gasteiger charge is -2.23. The topological polar surface area (TPSA) is 47.6 Å². The normalized spacial score (nSPS) is 10.7. The van der Waals surface area contributed by atoms with Crippen LogP contribution in [0.4, 0.5) is 0 Å². The molecule has 0 atom stereocenters. The van der Waals surface area contributed by atoms with Crippen molar-refractivity contribution >= 4 is 5.91 Å². The minimum absolute atomic E-state index is 0.107. The van der Waals surface area contributed by atoms with Crippen molar-refractivity contribution in [3.8, 4) is 11.5 Å². The fourth-order valence-corrected chi connectivity index (χ4v) is 4.11. The third kappa shape index (κ3) is 6.86. The molecule has 0 saturated carbocycles. The van der Waals surface area contributed by atoms with Crippen molar-refractivity contribution in [1.82, 2.24) is 5.32 Å². The Labute approximate surface area is 204 Å². The van der Waals surface area contributed by atoms with E-state index in [0.29, 0.717) is 19.6 Å². The molecule has 0 aliphatic rings. The van der Waals surface area contributed by atoms with Gasteiger partial charge in [0.15, 0.2) is 0 Å². The summed E-state index contributed by atoms with van der Waals surface area (Å²) in [5.41, 5.74) is 6.68. The van der Waals surface area contributed by atoms with Crippen LogP contribution in [0.2, 0.25) is 0 Å². The van der Waals surface area contributed by atoms with Gasteiger partial charge in [0.25, 0.3) is 0 Å². The zero-order chi connectivity index (χ0) is 24.3. The number of hydrogen-bond acceptors (Lipinski definition) is 3. The molecule has 3 rings (SSSR count). The van der Waals surface area contributed by atoms with Gasteiger partial charge in [0.1, 0.15) is 24.7 Å². The molecule has 3 aromatic rings. The molecule has 0 heterocycles. The molecule has 4 heteroatoms. The molecule has 0 saturated heterocycles. The second kappa shape index (κ2) is 12.8. The Bertz CT molecular complexity index is 1060. The Morgan fingerprint density at radius 3 is 1.85 bits per heavy atom. The maximum absolute atomic E-state index is 12.2. The summed E-state index contributed by atoms with van der Waals surface area (Å²) in [7, 11) is 0. The molecule has 0 fully saturated rings. The van der Waals surface area contributed by atoms with Gasteiger partial charge in [0.05, 0.1) is 0 Å². The lowest BCUT2D eigenvalue weighted by molar-refractivity contribution is -0.121. The summed E-state index contributed by atoms with van der Waals surface area (Å²) in [6.45, 7) is 10.1. The SMILES string of the molecule is CCCNC(=O)CCCc1c(C)c(OCc2ccccc2)c(C)c(C)c1OCc1ccccc1. The van der Waals surface area contributed by atoms with E-state index in [1.807, 2.05) is 36.4 Å². The third-order valence-corrected chi connectivity index (χ3v) is 6.17. The van der Waals surface area contributed by atoms with Crippen LogP contribution < -0.4 is 14.8 Å². The van der Waals surface area contributed by atoms with E-state index in [9.17, 15) is 4.79 Å². The maximum Gasteiger partial charge on any atom is 0.220 e. The van der Waals surface area contributed by atoms with Crippen molar-refractivity contribution in [2.24, 2.45) is 0 Å². The van der Waals surface area contributed by atoms with Gasteiger partial charge in [-0.05, 0) is 67.9 Å². The summed E-state index contributed by atoms with van der Waals surface area (Å²) < 4.78 is 12.7. The number of hydrogen-bond donors (Lipinski definition) is 1. The van der Waals surface area contributed by atoms with Gasteiger partial charge in [-0.25, -0.2) is 0 Å². The van der Waals surface area contributed by atoms with E-state index >= 15 is 0 Å². The van der Waals surface area contributed by atoms with E-state index in [2.05, 4.69) is 57.3 Å². The predicted molar refractivity (Wildman–Crippen MR) is 138 cm³/mol. The maximum atomic E-state index is 12.2. The van der Waals surface area contributed by atoms with Crippen molar-refractivity contribution in [1.29, 1.82) is 0 Å². The average molecular weight is 460 g/mol. The molecule has 34 heavy (non-hydrogen) atoms. The van der Waals surface area contributed by atoms with E-state index in [4.69, 9.17) is 9.47 Å². The van der Waals surface area contributed by atoms with Crippen molar-refractivity contribution < 1.29 is 14.3 Å². The highest BCUT2D eigenvalue weighted by Crippen LogP contribution is 2.39.